The van der Waals surface area contributed by atoms with Gasteiger partial charge in [-0.25, -0.2) is 0 Å². The Bertz CT molecular complexity index is 396. The van der Waals surface area contributed by atoms with Crippen LogP contribution in [0.15, 0.2) is 35.2 Å². The van der Waals surface area contributed by atoms with E-state index in [4.69, 9.17) is 4.11 Å². The average molecular weight is 175 g/mol. The van der Waals surface area contributed by atoms with Crippen molar-refractivity contribution in [2.45, 2.75) is 4.90 Å². The maximum atomic E-state index is 11.3. The molecule has 0 atom stereocenters. The Morgan fingerprint density at radius 1 is 1.36 bits per heavy atom. The van der Waals surface area contributed by atoms with E-state index in [0.717, 1.165) is 0 Å². The van der Waals surface area contributed by atoms with Crippen LogP contribution >= 0.6 is 0 Å². The largest absolute Gasteiger partial charge is 0.296 e. The second-order valence-corrected chi connectivity index (χ2v) is 3.40. The highest BCUT2D eigenvalue weighted by molar-refractivity contribution is 7.86. The molecular weight excluding hydrogens is 164 g/mol. The molecule has 0 radical (unpaired) electrons. The van der Waals surface area contributed by atoms with E-state index in [2.05, 4.69) is 4.18 Å². The molecule has 0 N–H and O–H groups in total. The monoisotopic (exact) mass is 175 g/mol. The topological polar surface area (TPSA) is 43.4 Å². The molecule has 0 amide bonds. The SMILES string of the molecule is [2H]C([2H])([2H])OS(=O)(=O)c1ccccc1. The van der Waals surface area contributed by atoms with Crippen molar-refractivity contribution in [3.05, 3.63) is 30.3 Å². The first kappa shape index (κ1) is 4.90. The lowest BCUT2D eigenvalue weighted by Gasteiger charge is -1.98. The first-order valence-corrected chi connectivity index (χ1v) is 4.23. The van der Waals surface area contributed by atoms with Crippen LogP contribution in [0, 0.1) is 0 Å². The van der Waals surface area contributed by atoms with Crippen molar-refractivity contribution in [1.29, 1.82) is 0 Å². The molecule has 0 fully saturated rings. The molecule has 4 heteroatoms. The molecule has 0 saturated carbocycles. The molecule has 1 rings (SSSR count). The van der Waals surface area contributed by atoms with E-state index in [0.29, 0.717) is 0 Å². The van der Waals surface area contributed by atoms with Crippen LogP contribution in [0.25, 0.3) is 0 Å². The van der Waals surface area contributed by atoms with Crippen molar-refractivity contribution in [3.8, 4) is 0 Å². The van der Waals surface area contributed by atoms with Gasteiger partial charge in [0.15, 0.2) is 0 Å². The Morgan fingerprint density at radius 2 is 2.00 bits per heavy atom. The highest BCUT2D eigenvalue weighted by Gasteiger charge is 2.10. The molecule has 11 heavy (non-hydrogen) atoms. The second-order valence-electron chi connectivity index (χ2n) is 1.85. The van der Waals surface area contributed by atoms with Crippen LogP contribution in [0.5, 0.6) is 0 Å². The lowest BCUT2D eigenvalue weighted by atomic mass is 10.4. The van der Waals surface area contributed by atoms with E-state index in [1.807, 2.05) is 0 Å². The Hall–Kier alpha value is -0.870. The van der Waals surface area contributed by atoms with Gasteiger partial charge in [0.25, 0.3) is 10.1 Å². The van der Waals surface area contributed by atoms with Gasteiger partial charge in [-0.1, -0.05) is 18.2 Å². The fourth-order valence-corrected chi connectivity index (χ4v) is 1.22. The zero-order chi connectivity index (χ0) is 10.8. The van der Waals surface area contributed by atoms with Crippen LogP contribution in [0.3, 0.4) is 0 Å². The van der Waals surface area contributed by atoms with E-state index in [1.165, 1.54) is 24.3 Å². The van der Waals surface area contributed by atoms with Crippen molar-refractivity contribution < 1.29 is 16.7 Å². The Morgan fingerprint density at radius 3 is 2.55 bits per heavy atom. The van der Waals surface area contributed by atoms with E-state index in [-0.39, 0.29) is 4.90 Å². The minimum absolute atomic E-state index is 0.170. The number of rotatable bonds is 2. The molecule has 1 aromatic rings. The molecule has 0 bridgehead atoms. The fourth-order valence-electron chi connectivity index (χ4n) is 0.635. The van der Waals surface area contributed by atoms with Crippen molar-refractivity contribution in [2.24, 2.45) is 0 Å². The van der Waals surface area contributed by atoms with Gasteiger partial charge in [0.1, 0.15) is 0 Å². The van der Waals surface area contributed by atoms with Crippen LogP contribution in [0.4, 0.5) is 0 Å². The van der Waals surface area contributed by atoms with Gasteiger partial charge >= 0.3 is 0 Å². The lowest BCUT2D eigenvalue weighted by molar-refractivity contribution is 0.398. The lowest BCUT2D eigenvalue weighted by Crippen LogP contribution is -2.01. The molecule has 0 spiro atoms. The molecule has 0 aromatic heterocycles. The normalized spacial score (nSPS) is 16.5. The minimum atomic E-state index is -4.18. The third-order valence-corrected chi connectivity index (χ3v) is 2.21. The molecule has 0 saturated heterocycles. The van der Waals surface area contributed by atoms with E-state index < -0.39 is 17.2 Å². The van der Waals surface area contributed by atoms with E-state index in [1.54, 1.807) is 6.07 Å². The van der Waals surface area contributed by atoms with Crippen LogP contribution in [-0.4, -0.2) is 15.5 Å². The summed E-state index contributed by atoms with van der Waals surface area (Å²) in [6.45, 7) is 0. The van der Waals surface area contributed by atoms with Crippen LogP contribution < -0.4 is 0 Å². The van der Waals surface area contributed by atoms with Crippen molar-refractivity contribution in [3.63, 3.8) is 0 Å². The zero-order valence-electron chi connectivity index (χ0n) is 8.52. The summed E-state index contributed by atoms with van der Waals surface area (Å²) < 4.78 is 46.5. The highest BCUT2D eigenvalue weighted by atomic mass is 32.2. The third-order valence-electron chi connectivity index (χ3n) is 1.14. The van der Waals surface area contributed by atoms with Gasteiger partial charge < -0.3 is 0 Å². The standard InChI is InChI=1S/C7H8O3S/c1-10-11(8,9)7-5-3-2-4-6-7/h2-6H,1H3/i1D3. The predicted octanol–water partition coefficient (Wildman–Crippen LogP) is 1.02. The Balaban J connectivity index is 2.99. The molecule has 0 aliphatic rings. The second kappa shape index (κ2) is 3.02. The van der Waals surface area contributed by atoms with Crippen LogP contribution in [-0.2, 0) is 14.3 Å². The summed E-state index contributed by atoms with van der Waals surface area (Å²) in [6.07, 6.45) is 0. The maximum absolute atomic E-state index is 11.3. The van der Waals surface area contributed by atoms with E-state index in [9.17, 15) is 8.42 Å². The molecule has 0 unspecified atom stereocenters. The zero-order valence-corrected chi connectivity index (χ0v) is 6.34. The quantitative estimate of drug-likeness (QED) is 0.630. The molecule has 0 aliphatic heterocycles. The summed E-state index contributed by atoms with van der Waals surface area (Å²) in [7, 11) is -7.13. The molecule has 60 valence electrons. The van der Waals surface area contributed by atoms with E-state index >= 15 is 0 Å². The summed E-state index contributed by atoms with van der Waals surface area (Å²) in [6, 6.07) is 7.11. The predicted molar refractivity (Wildman–Crippen MR) is 40.6 cm³/mol. The van der Waals surface area contributed by atoms with Crippen molar-refractivity contribution in [2.75, 3.05) is 7.04 Å². The van der Waals surface area contributed by atoms with Gasteiger partial charge in [0, 0.05) is 0 Å². The molecule has 0 aliphatic carbocycles. The van der Waals surface area contributed by atoms with Gasteiger partial charge in [-0.3, -0.25) is 4.18 Å². The van der Waals surface area contributed by atoms with Crippen LogP contribution in [0.1, 0.15) is 4.11 Å². The fraction of sp³-hybridized carbons (Fsp3) is 0.143. The summed E-state index contributed by atoms with van der Waals surface area (Å²) in [5.41, 5.74) is 0. The first-order valence-electron chi connectivity index (χ1n) is 4.32. The summed E-state index contributed by atoms with van der Waals surface area (Å²) >= 11 is 0. The highest BCUT2D eigenvalue weighted by Crippen LogP contribution is 2.09. The molecule has 3 nitrogen and oxygen atoms in total. The van der Waals surface area contributed by atoms with Gasteiger partial charge in [-0.15, -0.1) is 0 Å². The van der Waals surface area contributed by atoms with Crippen molar-refractivity contribution >= 4 is 10.1 Å². The molecule has 0 heterocycles. The molecular formula is C7H8O3S. The third kappa shape index (κ3) is 1.78. The van der Waals surface area contributed by atoms with Gasteiger partial charge in [-0.05, 0) is 12.1 Å². The average Bonchev–Trinajstić information content (AvgIpc) is 2.01. The van der Waals surface area contributed by atoms with Gasteiger partial charge in [-0.2, -0.15) is 8.42 Å². The number of benzene rings is 1. The minimum Gasteiger partial charge on any atom is -0.270 e. The molecule has 1 aromatic carbocycles. The Kier molecular flexibility index (Phi) is 1.35. The maximum Gasteiger partial charge on any atom is 0.296 e. The first-order chi connectivity index (χ1) is 6.31. The van der Waals surface area contributed by atoms with Crippen molar-refractivity contribution in [1.82, 2.24) is 0 Å². The van der Waals surface area contributed by atoms with Gasteiger partial charge in [0.05, 0.1) is 16.0 Å². The summed E-state index contributed by atoms with van der Waals surface area (Å²) in [5, 5.41) is 0. The number of hydrogen-bond donors (Lipinski definition) is 0. The summed E-state index contributed by atoms with van der Waals surface area (Å²) in [4.78, 5) is -0.170. The van der Waals surface area contributed by atoms with Gasteiger partial charge in [0.2, 0.25) is 0 Å². The van der Waals surface area contributed by atoms with Crippen LogP contribution in [0.2, 0.25) is 0 Å². The summed E-state index contributed by atoms with van der Waals surface area (Å²) in [5.74, 6) is 0. The number of hydrogen-bond acceptors (Lipinski definition) is 3. The Labute approximate surface area is 70.0 Å². The smallest absolute Gasteiger partial charge is 0.270 e.